The third-order valence-corrected chi connectivity index (χ3v) is 3.47. The minimum atomic E-state index is 1.09. The summed E-state index contributed by atoms with van der Waals surface area (Å²) in [4.78, 5) is 2.40. The summed E-state index contributed by atoms with van der Waals surface area (Å²) in [5.74, 6) is 6.55. The van der Waals surface area contributed by atoms with Gasteiger partial charge in [0.15, 0.2) is 0 Å². The Balaban J connectivity index is 1.89. The molecule has 0 aromatic heterocycles. The standard InChI is InChI=1S/C18H29N/c1-3-4-5-6-7-8-9-10-11-12-15-19-16-13-18(2)14-17-19/h13-14,16H,3-5,8-12,15,17H2,1-2H3. The van der Waals surface area contributed by atoms with E-state index in [2.05, 4.69) is 48.9 Å². The van der Waals surface area contributed by atoms with Crippen molar-refractivity contribution in [1.82, 2.24) is 4.90 Å². The Morgan fingerprint density at radius 3 is 2.47 bits per heavy atom. The van der Waals surface area contributed by atoms with Crippen LogP contribution in [0.3, 0.4) is 0 Å². The van der Waals surface area contributed by atoms with E-state index in [9.17, 15) is 0 Å². The highest BCUT2D eigenvalue weighted by Gasteiger charge is 2.01. The molecule has 0 saturated carbocycles. The van der Waals surface area contributed by atoms with Crippen molar-refractivity contribution in [2.24, 2.45) is 0 Å². The predicted molar refractivity (Wildman–Crippen MR) is 84.9 cm³/mol. The number of rotatable bonds is 8. The van der Waals surface area contributed by atoms with Crippen molar-refractivity contribution in [3.05, 3.63) is 23.9 Å². The van der Waals surface area contributed by atoms with E-state index >= 15 is 0 Å². The van der Waals surface area contributed by atoms with Crippen LogP contribution >= 0.6 is 0 Å². The molecule has 0 aliphatic carbocycles. The normalized spacial score (nSPS) is 14.0. The van der Waals surface area contributed by atoms with E-state index in [0.29, 0.717) is 0 Å². The zero-order valence-corrected chi connectivity index (χ0v) is 12.8. The first-order chi connectivity index (χ1) is 9.33. The number of nitrogens with zero attached hydrogens (tertiary/aromatic N) is 1. The van der Waals surface area contributed by atoms with Crippen LogP contribution in [0.2, 0.25) is 0 Å². The van der Waals surface area contributed by atoms with Gasteiger partial charge in [0.1, 0.15) is 0 Å². The molecule has 0 fully saturated rings. The number of hydrogen-bond donors (Lipinski definition) is 0. The SMILES string of the molecule is CCCCC#CCCCCCCN1C=CC(C)=CC1. The van der Waals surface area contributed by atoms with Crippen LogP contribution in [0, 0.1) is 11.8 Å². The summed E-state index contributed by atoms with van der Waals surface area (Å²) in [6.07, 6.45) is 16.7. The van der Waals surface area contributed by atoms with Crippen molar-refractivity contribution in [2.75, 3.05) is 13.1 Å². The minimum Gasteiger partial charge on any atom is -0.374 e. The molecule has 106 valence electrons. The highest BCUT2D eigenvalue weighted by Crippen LogP contribution is 2.09. The largest absolute Gasteiger partial charge is 0.374 e. The molecule has 19 heavy (non-hydrogen) atoms. The van der Waals surface area contributed by atoms with E-state index in [-0.39, 0.29) is 0 Å². The van der Waals surface area contributed by atoms with Gasteiger partial charge in [0.2, 0.25) is 0 Å². The summed E-state index contributed by atoms with van der Waals surface area (Å²) in [5, 5.41) is 0. The summed E-state index contributed by atoms with van der Waals surface area (Å²) in [7, 11) is 0. The summed E-state index contributed by atoms with van der Waals surface area (Å²) >= 11 is 0. The van der Waals surface area contributed by atoms with Gasteiger partial charge in [-0.05, 0) is 38.5 Å². The van der Waals surface area contributed by atoms with E-state index in [4.69, 9.17) is 0 Å². The molecule has 0 atom stereocenters. The Bertz CT molecular complexity index is 340. The number of allylic oxidation sites excluding steroid dienone is 2. The molecule has 0 bridgehead atoms. The van der Waals surface area contributed by atoms with Crippen LogP contribution in [-0.4, -0.2) is 18.0 Å². The molecule has 1 heterocycles. The lowest BCUT2D eigenvalue weighted by molar-refractivity contribution is 0.392. The zero-order chi connectivity index (χ0) is 13.8. The molecule has 0 radical (unpaired) electrons. The summed E-state index contributed by atoms with van der Waals surface area (Å²) in [5.41, 5.74) is 1.39. The fourth-order valence-electron chi connectivity index (χ4n) is 2.10. The molecule has 0 N–H and O–H groups in total. The highest BCUT2D eigenvalue weighted by molar-refractivity contribution is 5.19. The quantitative estimate of drug-likeness (QED) is 0.442. The molecule has 0 unspecified atom stereocenters. The lowest BCUT2D eigenvalue weighted by Gasteiger charge is -2.21. The van der Waals surface area contributed by atoms with Crippen molar-refractivity contribution in [2.45, 2.75) is 65.2 Å². The molecule has 0 saturated heterocycles. The number of unbranched alkanes of at least 4 members (excludes halogenated alkanes) is 6. The first-order valence-electron chi connectivity index (χ1n) is 7.87. The average Bonchev–Trinajstić information content (AvgIpc) is 2.43. The average molecular weight is 259 g/mol. The molecular formula is C18H29N. The van der Waals surface area contributed by atoms with Crippen molar-refractivity contribution in [1.29, 1.82) is 0 Å². The molecule has 0 amide bonds. The van der Waals surface area contributed by atoms with Gasteiger partial charge in [-0.2, -0.15) is 0 Å². The van der Waals surface area contributed by atoms with Crippen molar-refractivity contribution >= 4 is 0 Å². The summed E-state index contributed by atoms with van der Waals surface area (Å²) in [6.45, 7) is 6.67. The Kier molecular flexibility index (Phi) is 8.98. The van der Waals surface area contributed by atoms with Gasteiger partial charge in [-0.25, -0.2) is 0 Å². The van der Waals surface area contributed by atoms with Gasteiger partial charge in [0.25, 0.3) is 0 Å². The maximum atomic E-state index is 3.29. The van der Waals surface area contributed by atoms with Gasteiger partial charge in [-0.3, -0.25) is 0 Å². The van der Waals surface area contributed by atoms with Crippen LogP contribution < -0.4 is 0 Å². The van der Waals surface area contributed by atoms with E-state index in [1.807, 2.05) is 0 Å². The Morgan fingerprint density at radius 2 is 1.79 bits per heavy atom. The second kappa shape index (κ2) is 10.7. The van der Waals surface area contributed by atoms with Gasteiger partial charge < -0.3 is 4.90 Å². The maximum Gasteiger partial charge on any atom is 0.0359 e. The fourth-order valence-corrected chi connectivity index (χ4v) is 2.10. The second-order valence-electron chi connectivity index (χ2n) is 5.38. The van der Waals surface area contributed by atoms with E-state index < -0.39 is 0 Å². The molecule has 1 aliphatic heterocycles. The highest BCUT2D eigenvalue weighted by atomic mass is 15.1. The third kappa shape index (κ3) is 8.54. The molecule has 1 heteroatoms. The predicted octanol–water partition coefficient (Wildman–Crippen LogP) is 4.91. The van der Waals surface area contributed by atoms with Crippen molar-refractivity contribution in [3.8, 4) is 11.8 Å². The molecule has 1 nitrogen and oxygen atoms in total. The van der Waals surface area contributed by atoms with Crippen LogP contribution in [0.4, 0.5) is 0 Å². The molecular weight excluding hydrogens is 230 g/mol. The monoisotopic (exact) mass is 259 g/mol. The first kappa shape index (κ1) is 15.9. The maximum absolute atomic E-state index is 3.29. The number of hydrogen-bond acceptors (Lipinski definition) is 1. The van der Waals surface area contributed by atoms with Gasteiger partial charge in [0, 0.05) is 25.9 Å². The Hall–Kier alpha value is -1.16. The van der Waals surface area contributed by atoms with Crippen LogP contribution in [0.1, 0.15) is 65.2 Å². The van der Waals surface area contributed by atoms with E-state index in [1.54, 1.807) is 0 Å². The third-order valence-electron chi connectivity index (χ3n) is 3.47. The van der Waals surface area contributed by atoms with Crippen molar-refractivity contribution in [3.63, 3.8) is 0 Å². The van der Waals surface area contributed by atoms with Crippen LogP contribution in [0.5, 0.6) is 0 Å². The summed E-state index contributed by atoms with van der Waals surface area (Å²) < 4.78 is 0. The molecule has 0 aromatic carbocycles. The van der Waals surface area contributed by atoms with Gasteiger partial charge in [-0.15, -0.1) is 11.8 Å². The van der Waals surface area contributed by atoms with Crippen LogP contribution in [0.15, 0.2) is 23.9 Å². The van der Waals surface area contributed by atoms with Crippen LogP contribution in [-0.2, 0) is 0 Å². The second-order valence-corrected chi connectivity index (χ2v) is 5.38. The Morgan fingerprint density at radius 1 is 1.05 bits per heavy atom. The Labute approximate surface area is 119 Å². The molecule has 1 aliphatic rings. The molecule has 0 aromatic rings. The van der Waals surface area contributed by atoms with Gasteiger partial charge >= 0.3 is 0 Å². The first-order valence-corrected chi connectivity index (χ1v) is 7.87. The van der Waals surface area contributed by atoms with E-state index in [1.165, 1.54) is 50.6 Å². The lowest BCUT2D eigenvalue weighted by atomic mass is 10.1. The topological polar surface area (TPSA) is 3.24 Å². The fraction of sp³-hybridized carbons (Fsp3) is 0.667. The van der Waals surface area contributed by atoms with E-state index in [0.717, 1.165) is 19.4 Å². The van der Waals surface area contributed by atoms with Crippen molar-refractivity contribution < 1.29 is 0 Å². The lowest BCUT2D eigenvalue weighted by Crippen LogP contribution is -2.20. The smallest absolute Gasteiger partial charge is 0.0359 e. The summed E-state index contributed by atoms with van der Waals surface area (Å²) in [6, 6.07) is 0. The molecule has 0 spiro atoms. The molecule has 1 rings (SSSR count). The zero-order valence-electron chi connectivity index (χ0n) is 12.8. The van der Waals surface area contributed by atoms with Crippen LogP contribution in [0.25, 0.3) is 0 Å². The minimum absolute atomic E-state index is 1.09. The van der Waals surface area contributed by atoms with Gasteiger partial charge in [0.05, 0.1) is 0 Å². The van der Waals surface area contributed by atoms with Gasteiger partial charge in [-0.1, -0.05) is 37.8 Å².